The largest absolute Gasteiger partial charge is 0.478 e. The van der Waals surface area contributed by atoms with E-state index in [1.165, 1.54) is 23.1 Å². The van der Waals surface area contributed by atoms with Gasteiger partial charge in [0.2, 0.25) is 5.91 Å². The van der Waals surface area contributed by atoms with Gasteiger partial charge >= 0.3 is 16.2 Å². The van der Waals surface area contributed by atoms with Gasteiger partial charge in [0.25, 0.3) is 0 Å². The molecule has 0 aromatic heterocycles. The number of halogens is 1. The van der Waals surface area contributed by atoms with Crippen molar-refractivity contribution in [2.24, 2.45) is 0 Å². The lowest BCUT2D eigenvalue weighted by atomic mass is 10.1. The number of anilines is 1. The second-order valence-electron chi connectivity index (χ2n) is 4.61. The Bertz CT molecular complexity index is 685. The maximum atomic E-state index is 12.9. The summed E-state index contributed by atoms with van der Waals surface area (Å²) in [5, 5.41) is 7.49. The van der Waals surface area contributed by atoms with Gasteiger partial charge in [-0.2, -0.15) is 8.42 Å². The van der Waals surface area contributed by atoms with Crippen molar-refractivity contribution in [1.82, 2.24) is 0 Å². The van der Waals surface area contributed by atoms with Crippen LogP contribution in [-0.4, -0.2) is 37.2 Å². The Kier molecular flexibility index (Phi) is 3.51. The van der Waals surface area contributed by atoms with Crippen molar-refractivity contribution < 1.29 is 27.0 Å². The number of carbonyl (C=O) groups excluding carboxylic acids is 1. The van der Waals surface area contributed by atoms with Crippen LogP contribution >= 0.6 is 0 Å². The molecule has 108 valence electrons. The zero-order chi connectivity index (χ0) is 15.1. The lowest BCUT2D eigenvalue weighted by Gasteiger charge is -2.18. The van der Waals surface area contributed by atoms with Crippen LogP contribution in [0.4, 0.5) is 9.57 Å². The predicted molar refractivity (Wildman–Crippen MR) is 68.9 cm³/mol. The first kappa shape index (κ1) is 14.4. The first-order valence-corrected chi connectivity index (χ1v) is 7.22. The van der Waals surface area contributed by atoms with Crippen molar-refractivity contribution in [2.45, 2.75) is 18.6 Å². The topological polar surface area (TPSA) is 91.8 Å². The molecule has 1 aliphatic rings. The molecule has 6 nitrogen and oxygen atoms in total. The van der Waals surface area contributed by atoms with Gasteiger partial charge in [0.15, 0.2) is 0 Å². The van der Waals surface area contributed by atoms with Crippen molar-refractivity contribution in [3.63, 3.8) is 0 Å². The first-order chi connectivity index (χ1) is 9.20. The van der Waals surface area contributed by atoms with Gasteiger partial charge in [0.1, 0.15) is 5.25 Å². The molecule has 1 N–H and O–H groups in total. The van der Waals surface area contributed by atoms with Crippen LogP contribution in [0.25, 0.3) is 0 Å². The Morgan fingerprint density at radius 1 is 1.45 bits per heavy atom. The molecule has 0 spiro atoms. The highest BCUT2D eigenvalue weighted by Crippen LogP contribution is 2.28. The van der Waals surface area contributed by atoms with Crippen molar-refractivity contribution in [2.75, 3.05) is 11.4 Å². The van der Waals surface area contributed by atoms with Crippen molar-refractivity contribution in [3.05, 3.63) is 29.3 Å². The monoisotopic (exact) mass is 301 g/mol. The first-order valence-electron chi connectivity index (χ1n) is 5.78. The van der Waals surface area contributed by atoms with E-state index in [2.05, 4.69) is 0 Å². The number of aromatic carboxylic acids is 1. The van der Waals surface area contributed by atoms with Crippen LogP contribution in [0.3, 0.4) is 0 Å². The van der Waals surface area contributed by atoms with Gasteiger partial charge in [-0.3, -0.25) is 4.79 Å². The zero-order valence-electron chi connectivity index (χ0n) is 10.5. The van der Waals surface area contributed by atoms with Crippen molar-refractivity contribution in [3.8, 4) is 0 Å². The Balaban J connectivity index is 2.33. The fourth-order valence-electron chi connectivity index (χ4n) is 2.19. The number of hydrogen-bond acceptors (Lipinski definition) is 4. The van der Waals surface area contributed by atoms with E-state index in [1.54, 1.807) is 6.92 Å². The van der Waals surface area contributed by atoms with E-state index in [-0.39, 0.29) is 12.1 Å². The van der Waals surface area contributed by atoms with Crippen LogP contribution in [0.5, 0.6) is 0 Å². The van der Waals surface area contributed by atoms with E-state index in [9.17, 15) is 21.9 Å². The third kappa shape index (κ3) is 2.64. The Labute approximate surface area is 115 Å². The van der Waals surface area contributed by atoms with Crippen LogP contribution in [0.2, 0.25) is 0 Å². The predicted octanol–water partition coefficient (Wildman–Crippen LogP) is 1.10. The van der Waals surface area contributed by atoms with Crippen LogP contribution in [-0.2, 0) is 15.0 Å². The van der Waals surface area contributed by atoms with Gasteiger partial charge in [0, 0.05) is 18.7 Å². The lowest BCUT2D eigenvalue weighted by Crippen LogP contribution is -2.27. The number of carboxylic acids is 1. The number of carboxylic acid groups (broad SMARTS) is 1. The number of benzene rings is 1. The molecular weight excluding hydrogens is 289 g/mol. The molecule has 1 amide bonds. The second-order valence-corrected chi connectivity index (χ2v) is 6.23. The third-order valence-electron chi connectivity index (χ3n) is 3.22. The van der Waals surface area contributed by atoms with Crippen molar-refractivity contribution in [1.29, 1.82) is 0 Å². The molecule has 1 aliphatic heterocycles. The molecule has 0 aliphatic carbocycles. The number of amides is 1. The lowest BCUT2D eigenvalue weighted by molar-refractivity contribution is -0.117. The summed E-state index contributed by atoms with van der Waals surface area (Å²) in [6.07, 6.45) is -0.404. The van der Waals surface area contributed by atoms with Crippen LogP contribution in [0, 0.1) is 6.92 Å². The van der Waals surface area contributed by atoms with E-state index in [1.807, 2.05) is 0 Å². The molecule has 20 heavy (non-hydrogen) atoms. The van der Waals surface area contributed by atoms with Gasteiger partial charge in [-0.15, -0.1) is 3.89 Å². The smallest absolute Gasteiger partial charge is 0.335 e. The van der Waals surface area contributed by atoms with Crippen LogP contribution in [0.15, 0.2) is 18.2 Å². The van der Waals surface area contributed by atoms with E-state index >= 15 is 0 Å². The highest BCUT2D eigenvalue weighted by molar-refractivity contribution is 7.87. The zero-order valence-corrected chi connectivity index (χ0v) is 11.4. The SMILES string of the molecule is Cc1cc(C(=O)O)ccc1N1CC(S(=O)(=O)F)CC1=O. The fraction of sp³-hybridized carbons (Fsp3) is 0.333. The van der Waals surface area contributed by atoms with Gasteiger partial charge in [-0.1, -0.05) is 0 Å². The summed E-state index contributed by atoms with van der Waals surface area (Å²) in [6.45, 7) is 1.34. The third-order valence-corrected chi connectivity index (χ3v) is 4.33. The van der Waals surface area contributed by atoms with E-state index in [0.29, 0.717) is 11.3 Å². The normalized spacial score (nSPS) is 19.4. The number of hydrogen-bond donors (Lipinski definition) is 1. The van der Waals surface area contributed by atoms with E-state index in [4.69, 9.17) is 5.11 Å². The summed E-state index contributed by atoms with van der Waals surface area (Å²) < 4.78 is 34.7. The average Bonchev–Trinajstić information content (AvgIpc) is 2.71. The number of rotatable bonds is 3. The van der Waals surface area contributed by atoms with Crippen LogP contribution in [0.1, 0.15) is 22.3 Å². The van der Waals surface area contributed by atoms with E-state index < -0.39 is 33.8 Å². The maximum Gasteiger partial charge on any atom is 0.335 e. The molecular formula is C12H12FNO5S. The molecule has 1 fully saturated rings. The van der Waals surface area contributed by atoms with Gasteiger partial charge < -0.3 is 10.0 Å². The highest BCUT2D eigenvalue weighted by atomic mass is 32.3. The minimum absolute atomic E-state index is 0.0626. The van der Waals surface area contributed by atoms with Crippen molar-refractivity contribution >= 4 is 27.8 Å². The number of aryl methyl sites for hydroxylation is 1. The Hall–Kier alpha value is -1.96. The molecule has 1 unspecified atom stereocenters. The molecule has 2 rings (SSSR count). The standard InChI is InChI=1S/C12H12FNO5S/c1-7-4-8(12(16)17)2-3-10(7)14-6-9(5-11(14)15)20(13,18)19/h2-4,9H,5-6H2,1H3,(H,16,17). The van der Waals surface area contributed by atoms with Gasteiger partial charge in [0.05, 0.1) is 5.56 Å². The molecule has 0 saturated carbocycles. The quantitative estimate of drug-likeness (QED) is 0.844. The molecule has 0 bridgehead atoms. The second kappa shape index (κ2) is 4.86. The minimum Gasteiger partial charge on any atom is -0.478 e. The number of carbonyl (C=O) groups is 2. The molecule has 1 heterocycles. The Morgan fingerprint density at radius 2 is 2.10 bits per heavy atom. The fourth-order valence-corrected chi connectivity index (χ4v) is 2.86. The average molecular weight is 301 g/mol. The van der Waals surface area contributed by atoms with Gasteiger partial charge in [-0.05, 0) is 30.7 Å². The minimum atomic E-state index is -4.77. The summed E-state index contributed by atoms with van der Waals surface area (Å²) in [7, 11) is -4.77. The highest BCUT2D eigenvalue weighted by Gasteiger charge is 2.39. The molecule has 1 aromatic carbocycles. The van der Waals surface area contributed by atoms with Crippen LogP contribution < -0.4 is 4.90 Å². The Morgan fingerprint density at radius 3 is 2.55 bits per heavy atom. The van der Waals surface area contributed by atoms with E-state index in [0.717, 1.165) is 0 Å². The van der Waals surface area contributed by atoms with Gasteiger partial charge in [-0.25, -0.2) is 4.79 Å². The molecule has 0 radical (unpaired) electrons. The summed E-state index contributed by atoms with van der Waals surface area (Å²) in [4.78, 5) is 23.8. The molecule has 8 heteroatoms. The summed E-state index contributed by atoms with van der Waals surface area (Å²) in [5.74, 6) is -1.60. The summed E-state index contributed by atoms with van der Waals surface area (Å²) >= 11 is 0. The maximum absolute atomic E-state index is 12.9. The molecule has 1 atom stereocenters. The molecule has 1 aromatic rings. The summed E-state index contributed by atoms with van der Waals surface area (Å²) in [6, 6.07) is 4.11. The summed E-state index contributed by atoms with van der Waals surface area (Å²) in [5.41, 5.74) is 0.967. The number of nitrogens with zero attached hydrogens (tertiary/aromatic N) is 1. The molecule has 1 saturated heterocycles.